The molecule has 0 saturated heterocycles. The van der Waals surface area contributed by atoms with Crippen LogP contribution in [0.1, 0.15) is 62.0 Å². The molecule has 1 saturated carbocycles. The Balaban J connectivity index is 1.25. The van der Waals surface area contributed by atoms with Crippen molar-refractivity contribution in [1.82, 2.24) is 40.4 Å². The van der Waals surface area contributed by atoms with Gasteiger partial charge in [0.05, 0.1) is 17.8 Å². The summed E-state index contributed by atoms with van der Waals surface area (Å²) < 4.78 is 4.05. The van der Waals surface area contributed by atoms with Crippen molar-refractivity contribution >= 4 is 6.03 Å². The maximum Gasteiger partial charge on any atom is 0.315 e. The lowest BCUT2D eigenvalue weighted by Gasteiger charge is -2.14. The number of rotatable bonds is 6. The van der Waals surface area contributed by atoms with E-state index in [0.717, 1.165) is 37.9 Å². The smallest absolute Gasteiger partial charge is 0.315 e. The number of nitrogens with one attached hydrogen (secondary N) is 2. The van der Waals surface area contributed by atoms with Crippen molar-refractivity contribution in [1.29, 1.82) is 0 Å². The molecule has 134 valence electrons. The molecule has 0 unspecified atom stereocenters. The minimum atomic E-state index is -0.226. The lowest BCUT2D eigenvalue weighted by molar-refractivity contribution is 0.237. The molecule has 9 nitrogen and oxygen atoms in total. The first kappa shape index (κ1) is 16.0. The van der Waals surface area contributed by atoms with E-state index in [2.05, 4.69) is 41.9 Å². The topological polar surface area (TPSA) is 103 Å². The molecule has 0 spiro atoms. The van der Waals surface area contributed by atoms with Crippen molar-refractivity contribution in [3.05, 3.63) is 23.5 Å². The summed E-state index contributed by atoms with van der Waals surface area (Å²) in [5, 5.41) is 17.6. The molecule has 0 bridgehead atoms. The second kappa shape index (κ2) is 6.81. The monoisotopic (exact) mass is 344 g/mol. The Bertz CT molecular complexity index is 724. The minimum absolute atomic E-state index is 0.207. The third kappa shape index (κ3) is 3.64. The fourth-order valence-corrected chi connectivity index (χ4v) is 3.27. The third-order valence-corrected chi connectivity index (χ3v) is 4.77. The van der Waals surface area contributed by atoms with Gasteiger partial charge in [0.25, 0.3) is 0 Å². The molecule has 1 fully saturated rings. The van der Waals surface area contributed by atoms with Gasteiger partial charge in [-0.05, 0) is 43.0 Å². The fraction of sp³-hybridized carbons (Fsp3) is 0.688. The number of hydrogen-bond donors (Lipinski definition) is 2. The zero-order valence-electron chi connectivity index (χ0n) is 14.5. The number of hydrogen-bond acceptors (Lipinski definition) is 5. The van der Waals surface area contributed by atoms with E-state index < -0.39 is 0 Å². The number of tetrazole rings is 1. The van der Waals surface area contributed by atoms with Gasteiger partial charge in [-0.3, -0.25) is 0 Å². The van der Waals surface area contributed by atoms with Gasteiger partial charge in [-0.1, -0.05) is 0 Å². The van der Waals surface area contributed by atoms with E-state index in [-0.39, 0.29) is 12.1 Å². The van der Waals surface area contributed by atoms with Crippen molar-refractivity contribution in [2.45, 2.75) is 64.1 Å². The number of amides is 2. The number of carbonyl (C=O) groups is 1. The molecule has 2 N–H and O–H groups in total. The summed E-state index contributed by atoms with van der Waals surface area (Å²) in [7, 11) is 0. The number of nitrogens with zero attached hydrogens (tertiary/aromatic N) is 6. The molecular formula is C16H24N8O. The number of fused-ring (bicyclic) bond motifs is 1. The molecule has 2 aromatic heterocycles. The molecule has 2 amide bonds. The predicted octanol–water partition coefficient (Wildman–Crippen LogP) is 1.14. The van der Waals surface area contributed by atoms with Crippen molar-refractivity contribution in [3.63, 3.8) is 0 Å². The molecule has 2 aliphatic rings. The number of imidazole rings is 1. The van der Waals surface area contributed by atoms with Gasteiger partial charge in [-0.2, -0.15) is 0 Å². The van der Waals surface area contributed by atoms with E-state index >= 15 is 0 Å². The van der Waals surface area contributed by atoms with E-state index in [1.54, 1.807) is 0 Å². The van der Waals surface area contributed by atoms with Crippen LogP contribution in [0.5, 0.6) is 0 Å². The molecule has 3 heterocycles. The molecule has 9 heteroatoms. The van der Waals surface area contributed by atoms with Crippen molar-refractivity contribution in [2.75, 3.05) is 6.54 Å². The maximum absolute atomic E-state index is 12.1. The Hall–Kier alpha value is -2.45. The number of aromatic nitrogens is 6. The Labute approximate surface area is 146 Å². The summed E-state index contributed by atoms with van der Waals surface area (Å²) in [6.07, 6.45) is 8.55. The molecule has 2 aromatic rings. The molecular weight excluding hydrogens is 320 g/mol. The van der Waals surface area contributed by atoms with Crippen LogP contribution in [-0.4, -0.2) is 42.3 Å². The van der Waals surface area contributed by atoms with E-state index in [4.69, 9.17) is 0 Å². The van der Waals surface area contributed by atoms with Crippen LogP contribution < -0.4 is 10.6 Å². The van der Waals surface area contributed by atoms with Crippen LogP contribution in [-0.2, 0) is 19.4 Å². The minimum Gasteiger partial charge on any atom is -0.338 e. The molecule has 1 aliphatic heterocycles. The Morgan fingerprint density at radius 2 is 2.28 bits per heavy atom. The highest BCUT2D eigenvalue weighted by atomic mass is 16.2. The fourth-order valence-electron chi connectivity index (χ4n) is 3.27. The SMILES string of the molecule is C[C@@H](NC(=O)NCCc1cn2c(n1)CCCC2)c1nnnn1C1CC1. The van der Waals surface area contributed by atoms with Crippen LogP contribution in [0.15, 0.2) is 6.20 Å². The second-order valence-electron chi connectivity index (χ2n) is 6.88. The van der Waals surface area contributed by atoms with E-state index in [9.17, 15) is 4.79 Å². The highest BCUT2D eigenvalue weighted by Crippen LogP contribution is 2.35. The van der Waals surface area contributed by atoms with E-state index in [0.29, 0.717) is 18.4 Å². The molecule has 4 rings (SSSR count). The average molecular weight is 344 g/mol. The van der Waals surface area contributed by atoms with Gasteiger partial charge < -0.3 is 15.2 Å². The Kier molecular flexibility index (Phi) is 4.37. The predicted molar refractivity (Wildman–Crippen MR) is 89.9 cm³/mol. The van der Waals surface area contributed by atoms with Gasteiger partial charge in [0, 0.05) is 32.1 Å². The van der Waals surface area contributed by atoms with Gasteiger partial charge >= 0.3 is 6.03 Å². The standard InChI is InChI=1S/C16H24N8O/c1-11(15-20-21-22-24(15)13-5-6-13)18-16(25)17-8-7-12-10-23-9-3-2-4-14(23)19-12/h10-11,13H,2-9H2,1H3,(H2,17,18,25)/t11-/m1/s1. The molecule has 1 atom stereocenters. The highest BCUT2D eigenvalue weighted by Gasteiger charge is 2.29. The highest BCUT2D eigenvalue weighted by molar-refractivity contribution is 5.74. The number of carbonyl (C=O) groups excluding carboxylic acids is 1. The van der Waals surface area contributed by atoms with Crippen LogP contribution in [0, 0.1) is 0 Å². The number of urea groups is 1. The van der Waals surface area contributed by atoms with Crippen molar-refractivity contribution in [3.8, 4) is 0 Å². The molecule has 0 aromatic carbocycles. The van der Waals surface area contributed by atoms with Crippen LogP contribution in [0.25, 0.3) is 0 Å². The summed E-state index contributed by atoms with van der Waals surface area (Å²) in [4.78, 5) is 16.8. The quantitative estimate of drug-likeness (QED) is 0.818. The van der Waals surface area contributed by atoms with Crippen LogP contribution in [0.3, 0.4) is 0 Å². The largest absolute Gasteiger partial charge is 0.338 e. The Morgan fingerprint density at radius 3 is 3.08 bits per heavy atom. The van der Waals surface area contributed by atoms with Gasteiger partial charge in [-0.25, -0.2) is 14.5 Å². The average Bonchev–Trinajstić information content (AvgIpc) is 3.18. The lowest BCUT2D eigenvalue weighted by atomic mass is 10.2. The normalized spacial score (nSPS) is 17.8. The van der Waals surface area contributed by atoms with E-state index in [1.807, 2.05) is 11.6 Å². The van der Waals surface area contributed by atoms with Crippen LogP contribution in [0.2, 0.25) is 0 Å². The molecule has 0 radical (unpaired) electrons. The first-order chi connectivity index (χ1) is 12.2. The molecule has 25 heavy (non-hydrogen) atoms. The first-order valence-corrected chi connectivity index (χ1v) is 9.08. The lowest BCUT2D eigenvalue weighted by Crippen LogP contribution is -2.38. The summed E-state index contributed by atoms with van der Waals surface area (Å²) in [5.41, 5.74) is 1.04. The summed E-state index contributed by atoms with van der Waals surface area (Å²) in [6, 6.07) is -0.0402. The maximum atomic E-state index is 12.1. The second-order valence-corrected chi connectivity index (χ2v) is 6.88. The van der Waals surface area contributed by atoms with Gasteiger partial charge in [0.15, 0.2) is 5.82 Å². The zero-order valence-corrected chi connectivity index (χ0v) is 14.5. The molecule has 1 aliphatic carbocycles. The van der Waals surface area contributed by atoms with Gasteiger partial charge in [0.1, 0.15) is 5.82 Å². The van der Waals surface area contributed by atoms with E-state index in [1.165, 1.54) is 18.7 Å². The Morgan fingerprint density at radius 1 is 1.40 bits per heavy atom. The summed E-state index contributed by atoms with van der Waals surface area (Å²) in [5.74, 6) is 1.88. The van der Waals surface area contributed by atoms with Crippen molar-refractivity contribution in [2.24, 2.45) is 0 Å². The number of aryl methyl sites for hydroxylation is 2. The summed E-state index contributed by atoms with van der Waals surface area (Å²) >= 11 is 0. The van der Waals surface area contributed by atoms with Gasteiger partial charge in [0.2, 0.25) is 0 Å². The zero-order chi connectivity index (χ0) is 17.2. The van der Waals surface area contributed by atoms with Crippen LogP contribution in [0.4, 0.5) is 4.79 Å². The third-order valence-electron chi connectivity index (χ3n) is 4.77. The van der Waals surface area contributed by atoms with Crippen LogP contribution >= 0.6 is 0 Å². The summed E-state index contributed by atoms with van der Waals surface area (Å²) in [6.45, 7) is 3.51. The first-order valence-electron chi connectivity index (χ1n) is 9.08. The van der Waals surface area contributed by atoms with Crippen molar-refractivity contribution < 1.29 is 4.79 Å². The van der Waals surface area contributed by atoms with Gasteiger partial charge in [-0.15, -0.1) is 5.10 Å².